The van der Waals surface area contributed by atoms with Crippen molar-refractivity contribution in [2.24, 2.45) is 0 Å². The summed E-state index contributed by atoms with van der Waals surface area (Å²) in [6.07, 6.45) is 1.58. The molecular formula is C25H25N3O4S2. The minimum absolute atomic E-state index is 0.119. The molecule has 0 radical (unpaired) electrons. The van der Waals surface area contributed by atoms with Gasteiger partial charge in [0.25, 0.3) is 15.9 Å². The molecule has 9 heteroatoms. The molecule has 0 atom stereocenters. The number of hydrogen-bond donors (Lipinski definition) is 1. The molecule has 2 aromatic carbocycles. The first-order valence-electron chi connectivity index (χ1n) is 10.6. The molecule has 0 unspecified atom stereocenters. The maximum Gasteiger partial charge on any atom is 0.264 e. The van der Waals surface area contributed by atoms with Gasteiger partial charge in [-0.05, 0) is 59.5 Å². The van der Waals surface area contributed by atoms with Crippen molar-refractivity contribution < 1.29 is 17.6 Å². The van der Waals surface area contributed by atoms with Crippen molar-refractivity contribution in [1.29, 1.82) is 0 Å². The molecule has 2 heterocycles. The Bertz CT molecular complexity index is 1330. The minimum Gasteiger partial charge on any atom is -0.467 e. The van der Waals surface area contributed by atoms with Crippen LogP contribution < -0.4 is 9.62 Å². The van der Waals surface area contributed by atoms with E-state index in [4.69, 9.17) is 4.42 Å². The fraction of sp³-hybridized carbons (Fsp3) is 0.160. The van der Waals surface area contributed by atoms with Crippen LogP contribution in [-0.4, -0.2) is 33.3 Å². The fourth-order valence-electron chi connectivity index (χ4n) is 3.58. The Kier molecular flexibility index (Phi) is 7.04. The zero-order valence-electron chi connectivity index (χ0n) is 18.8. The number of nitrogens with zero attached hydrogens (tertiary/aromatic N) is 2. The van der Waals surface area contributed by atoms with Crippen LogP contribution in [0.15, 0.2) is 93.8 Å². The largest absolute Gasteiger partial charge is 0.467 e. The van der Waals surface area contributed by atoms with Gasteiger partial charge in [0, 0.05) is 32.0 Å². The summed E-state index contributed by atoms with van der Waals surface area (Å²) < 4.78 is 33.8. The average Bonchev–Trinajstić information content (AvgIpc) is 3.53. The van der Waals surface area contributed by atoms with Gasteiger partial charge in [0.2, 0.25) is 0 Å². The zero-order valence-corrected chi connectivity index (χ0v) is 20.5. The van der Waals surface area contributed by atoms with Gasteiger partial charge in [0.15, 0.2) is 0 Å². The Hall–Kier alpha value is -3.56. The molecule has 0 saturated carbocycles. The van der Waals surface area contributed by atoms with Crippen LogP contribution in [0.1, 0.15) is 21.0 Å². The number of carbonyl (C=O) groups is 1. The van der Waals surface area contributed by atoms with E-state index in [1.165, 1.54) is 11.3 Å². The van der Waals surface area contributed by atoms with Crippen LogP contribution in [0.25, 0.3) is 0 Å². The molecular weight excluding hydrogens is 470 g/mol. The Morgan fingerprint density at radius 1 is 0.971 bits per heavy atom. The number of furan rings is 1. The number of sulfonamides is 1. The summed E-state index contributed by atoms with van der Waals surface area (Å²) in [5.41, 5.74) is 2.10. The highest BCUT2D eigenvalue weighted by atomic mass is 32.2. The first kappa shape index (κ1) is 23.6. The summed E-state index contributed by atoms with van der Waals surface area (Å²) in [5, 5.41) is 1.86. The normalized spacial score (nSPS) is 11.2. The Balaban J connectivity index is 1.66. The third-order valence-corrected chi connectivity index (χ3v) is 7.43. The van der Waals surface area contributed by atoms with Crippen molar-refractivity contribution in [3.05, 3.63) is 101 Å². The van der Waals surface area contributed by atoms with Gasteiger partial charge in [-0.15, -0.1) is 11.3 Å². The summed E-state index contributed by atoms with van der Waals surface area (Å²) >= 11 is 1.38. The van der Waals surface area contributed by atoms with Crippen molar-refractivity contribution in [1.82, 2.24) is 4.90 Å². The lowest BCUT2D eigenvalue weighted by Gasteiger charge is -2.25. The van der Waals surface area contributed by atoms with E-state index < -0.39 is 10.0 Å². The minimum atomic E-state index is -3.74. The second kappa shape index (κ2) is 10.1. The lowest BCUT2D eigenvalue weighted by Crippen LogP contribution is -2.30. The summed E-state index contributed by atoms with van der Waals surface area (Å²) in [5.74, 6) is 0.545. The van der Waals surface area contributed by atoms with Crippen molar-refractivity contribution >= 4 is 38.6 Å². The maximum absolute atomic E-state index is 13.3. The predicted molar refractivity (Wildman–Crippen MR) is 135 cm³/mol. The molecule has 1 amide bonds. The molecule has 7 nitrogen and oxygen atoms in total. The van der Waals surface area contributed by atoms with Gasteiger partial charge >= 0.3 is 0 Å². The molecule has 1 N–H and O–H groups in total. The first-order valence-corrected chi connectivity index (χ1v) is 12.9. The molecule has 0 bridgehead atoms. The van der Waals surface area contributed by atoms with Crippen molar-refractivity contribution in [3.63, 3.8) is 0 Å². The second-order valence-corrected chi connectivity index (χ2v) is 10.5. The summed E-state index contributed by atoms with van der Waals surface area (Å²) in [4.78, 5) is 17.7. The highest BCUT2D eigenvalue weighted by Crippen LogP contribution is 2.28. The van der Waals surface area contributed by atoms with E-state index in [9.17, 15) is 13.2 Å². The van der Waals surface area contributed by atoms with Crippen molar-refractivity contribution in [2.45, 2.75) is 18.0 Å². The van der Waals surface area contributed by atoms with Gasteiger partial charge in [-0.25, -0.2) is 8.42 Å². The summed E-state index contributed by atoms with van der Waals surface area (Å²) in [6, 6.07) is 20.8. The number of hydrogen-bond acceptors (Lipinski definition) is 6. The zero-order chi connectivity index (χ0) is 24.1. The van der Waals surface area contributed by atoms with Crippen LogP contribution in [0.3, 0.4) is 0 Å². The van der Waals surface area contributed by atoms with E-state index in [2.05, 4.69) is 4.72 Å². The van der Waals surface area contributed by atoms with Crippen LogP contribution >= 0.6 is 11.3 Å². The highest BCUT2D eigenvalue weighted by molar-refractivity contribution is 7.92. The second-order valence-electron chi connectivity index (χ2n) is 7.87. The Morgan fingerprint density at radius 2 is 1.76 bits per heavy atom. The number of carbonyl (C=O) groups excluding carboxylic acids is 1. The predicted octanol–water partition coefficient (Wildman–Crippen LogP) is 5.05. The average molecular weight is 496 g/mol. The van der Waals surface area contributed by atoms with E-state index in [1.807, 2.05) is 42.6 Å². The van der Waals surface area contributed by atoms with Crippen LogP contribution in [0, 0.1) is 0 Å². The van der Waals surface area contributed by atoms with E-state index in [0.717, 1.165) is 11.3 Å². The Morgan fingerprint density at radius 3 is 2.41 bits per heavy atom. The van der Waals surface area contributed by atoms with E-state index >= 15 is 0 Å². The number of amides is 1. The molecule has 0 saturated heterocycles. The third-order valence-electron chi connectivity index (χ3n) is 5.17. The molecule has 0 aliphatic carbocycles. The Labute approximate surface area is 203 Å². The van der Waals surface area contributed by atoms with Crippen molar-refractivity contribution in [3.8, 4) is 0 Å². The van der Waals surface area contributed by atoms with Crippen LogP contribution in [0.5, 0.6) is 0 Å². The molecule has 34 heavy (non-hydrogen) atoms. The molecule has 4 rings (SSSR count). The smallest absolute Gasteiger partial charge is 0.264 e. The number of nitrogens with one attached hydrogen (secondary N) is 1. The third kappa shape index (κ3) is 5.49. The van der Waals surface area contributed by atoms with Crippen LogP contribution in [0.4, 0.5) is 11.4 Å². The van der Waals surface area contributed by atoms with Gasteiger partial charge in [0.05, 0.1) is 22.6 Å². The number of benzene rings is 2. The van der Waals surface area contributed by atoms with Crippen molar-refractivity contribution in [2.75, 3.05) is 23.7 Å². The van der Waals surface area contributed by atoms with Gasteiger partial charge < -0.3 is 14.2 Å². The van der Waals surface area contributed by atoms with Gasteiger partial charge in [-0.3, -0.25) is 9.52 Å². The summed E-state index contributed by atoms with van der Waals surface area (Å²) in [7, 11) is 0.0727. The molecule has 176 valence electrons. The summed E-state index contributed by atoms with van der Waals surface area (Å²) in [6.45, 7) is 0.558. The molecule has 0 aliphatic heterocycles. The number of rotatable bonds is 9. The first-order chi connectivity index (χ1) is 16.3. The standard InChI is InChI=1S/C25H25N3O4S2/c1-27(2)23-13-12-20(26-34(30,31)22-9-4-3-5-10-22)16-19(23)17-28(18-21-8-6-14-32-21)25(29)24-11-7-15-33-24/h3-16,26H,17-18H2,1-2H3. The van der Waals surface area contributed by atoms with E-state index in [0.29, 0.717) is 16.3 Å². The lowest BCUT2D eigenvalue weighted by molar-refractivity contribution is 0.0723. The molecule has 2 aromatic heterocycles. The number of thiophene rings is 1. The van der Waals surface area contributed by atoms with Crippen LogP contribution in [0.2, 0.25) is 0 Å². The molecule has 0 fully saturated rings. The number of anilines is 2. The lowest BCUT2D eigenvalue weighted by atomic mass is 10.1. The highest BCUT2D eigenvalue weighted by Gasteiger charge is 2.21. The van der Waals surface area contributed by atoms with E-state index in [1.54, 1.807) is 65.8 Å². The fourth-order valence-corrected chi connectivity index (χ4v) is 5.34. The molecule has 4 aromatic rings. The van der Waals surface area contributed by atoms with Crippen LogP contribution in [-0.2, 0) is 23.1 Å². The van der Waals surface area contributed by atoms with Gasteiger partial charge in [0.1, 0.15) is 5.76 Å². The molecule has 0 spiro atoms. The van der Waals surface area contributed by atoms with Gasteiger partial charge in [-0.2, -0.15) is 0 Å². The quantitative estimate of drug-likeness (QED) is 0.351. The monoisotopic (exact) mass is 495 g/mol. The SMILES string of the molecule is CN(C)c1ccc(NS(=O)(=O)c2ccccc2)cc1CN(Cc1ccco1)C(=O)c1cccs1. The topological polar surface area (TPSA) is 82.9 Å². The maximum atomic E-state index is 13.3. The molecule has 0 aliphatic rings. The van der Waals surface area contributed by atoms with Gasteiger partial charge in [-0.1, -0.05) is 24.3 Å². The van der Waals surface area contributed by atoms with E-state index in [-0.39, 0.29) is 23.9 Å².